The predicted molar refractivity (Wildman–Crippen MR) is 105 cm³/mol. The van der Waals surface area contributed by atoms with Crippen LogP contribution in [-0.2, 0) is 0 Å². The van der Waals surface area contributed by atoms with E-state index in [0.29, 0.717) is 28.0 Å². The fourth-order valence-corrected chi connectivity index (χ4v) is 3.24. The number of rotatable bonds is 3. The van der Waals surface area contributed by atoms with E-state index in [0.717, 1.165) is 16.6 Å². The zero-order valence-electron chi connectivity index (χ0n) is 14.2. The first-order valence-corrected chi connectivity index (χ1v) is 8.52. The van der Waals surface area contributed by atoms with Crippen molar-refractivity contribution in [3.8, 4) is 11.1 Å². The number of hydrogen-bond acceptors (Lipinski definition) is 5. The van der Waals surface area contributed by atoms with Crippen LogP contribution in [0.1, 0.15) is 0 Å². The molecule has 3 aromatic heterocycles. The maximum atomic E-state index is 12.8. The fraction of sp³-hybridized carbons (Fsp3) is 0. The number of benzene rings is 2. The first-order valence-electron chi connectivity index (χ1n) is 8.52. The Morgan fingerprint density at radius 2 is 1.56 bits per heavy atom. The third-order valence-electron chi connectivity index (χ3n) is 4.45. The number of para-hydroxylation sites is 2. The van der Waals surface area contributed by atoms with Crippen molar-refractivity contribution < 1.29 is 8.83 Å². The third kappa shape index (κ3) is 2.57. The summed E-state index contributed by atoms with van der Waals surface area (Å²) in [4.78, 5) is 16.9. The molecule has 5 heteroatoms. The van der Waals surface area contributed by atoms with Gasteiger partial charge < -0.3 is 14.2 Å². The summed E-state index contributed by atoms with van der Waals surface area (Å²) in [6.07, 6.45) is 3.37. The molecule has 0 radical (unpaired) electrons. The molecule has 1 N–H and O–H groups in total. The van der Waals surface area contributed by atoms with Crippen LogP contribution in [0, 0.1) is 0 Å². The average Bonchev–Trinajstić information content (AvgIpc) is 3.09. The first kappa shape index (κ1) is 15.4. The number of fused-ring (bicyclic) bond motifs is 3. The largest absolute Gasteiger partial charge is 0.439 e. The van der Waals surface area contributed by atoms with E-state index >= 15 is 0 Å². The van der Waals surface area contributed by atoms with Crippen molar-refractivity contribution in [3.05, 3.63) is 89.5 Å². The quantitative estimate of drug-likeness (QED) is 0.443. The molecule has 0 spiro atoms. The van der Waals surface area contributed by atoms with E-state index in [1.807, 2.05) is 60.7 Å². The fourth-order valence-electron chi connectivity index (χ4n) is 3.24. The molecule has 5 nitrogen and oxygen atoms in total. The van der Waals surface area contributed by atoms with Crippen LogP contribution in [0.2, 0.25) is 0 Å². The lowest BCUT2D eigenvalue weighted by Crippen LogP contribution is -2.00. The van der Waals surface area contributed by atoms with Crippen molar-refractivity contribution in [2.45, 2.75) is 0 Å². The molecular formula is C22H14N2O3. The summed E-state index contributed by atoms with van der Waals surface area (Å²) in [5.41, 5.74) is 2.92. The van der Waals surface area contributed by atoms with Gasteiger partial charge in [0.1, 0.15) is 11.0 Å². The molecule has 0 amide bonds. The van der Waals surface area contributed by atoms with Gasteiger partial charge in [0, 0.05) is 18.1 Å². The Morgan fingerprint density at radius 3 is 2.37 bits per heavy atom. The van der Waals surface area contributed by atoms with Gasteiger partial charge in [-0.3, -0.25) is 4.98 Å². The number of nitrogens with one attached hydrogen (secondary N) is 1. The Balaban J connectivity index is 1.86. The van der Waals surface area contributed by atoms with Crippen molar-refractivity contribution in [1.29, 1.82) is 0 Å². The summed E-state index contributed by atoms with van der Waals surface area (Å²) in [7, 11) is 0. The molecule has 0 aliphatic carbocycles. The van der Waals surface area contributed by atoms with Crippen LogP contribution >= 0.6 is 0 Å². The Morgan fingerprint density at radius 1 is 0.815 bits per heavy atom. The zero-order chi connectivity index (χ0) is 18.2. The van der Waals surface area contributed by atoms with Gasteiger partial charge in [-0.15, -0.1) is 0 Å². The number of furan rings is 1. The molecule has 0 atom stereocenters. The summed E-state index contributed by atoms with van der Waals surface area (Å²) in [6.45, 7) is 0. The van der Waals surface area contributed by atoms with Gasteiger partial charge in [0.2, 0.25) is 5.88 Å². The van der Waals surface area contributed by atoms with Crippen LogP contribution < -0.4 is 10.9 Å². The normalized spacial score (nSPS) is 11.1. The van der Waals surface area contributed by atoms with Crippen LogP contribution in [0.5, 0.6) is 0 Å². The topological polar surface area (TPSA) is 68.3 Å². The summed E-state index contributed by atoms with van der Waals surface area (Å²) >= 11 is 0. The lowest BCUT2D eigenvalue weighted by atomic mass is 10.1. The van der Waals surface area contributed by atoms with Crippen LogP contribution in [0.25, 0.3) is 33.1 Å². The molecule has 5 rings (SSSR count). The van der Waals surface area contributed by atoms with Crippen LogP contribution in [0.4, 0.5) is 11.6 Å². The highest BCUT2D eigenvalue weighted by Crippen LogP contribution is 2.40. The van der Waals surface area contributed by atoms with Gasteiger partial charge in [-0.2, -0.15) is 0 Å². The number of pyridine rings is 1. The predicted octanol–water partition coefficient (Wildman–Crippen LogP) is 5.34. The highest BCUT2D eigenvalue weighted by Gasteiger charge is 2.22. The Labute approximate surface area is 153 Å². The standard InChI is InChI=1S/C22H14N2O3/c25-22-19-18(14-10-12-23-13-11-14)21(24-15-6-2-1-3-7-15)27-20(19)16-8-4-5-9-17(16)26-22/h1-13,24H. The molecule has 0 saturated carbocycles. The van der Waals surface area contributed by atoms with E-state index in [-0.39, 0.29) is 0 Å². The van der Waals surface area contributed by atoms with Crippen molar-refractivity contribution >= 4 is 33.5 Å². The number of aromatic nitrogens is 1. The molecular weight excluding hydrogens is 340 g/mol. The number of nitrogens with zero attached hydrogens (tertiary/aromatic N) is 1. The van der Waals surface area contributed by atoms with Crippen LogP contribution in [0.15, 0.2) is 92.8 Å². The molecule has 2 aromatic carbocycles. The lowest BCUT2D eigenvalue weighted by Gasteiger charge is -2.06. The monoisotopic (exact) mass is 354 g/mol. The summed E-state index contributed by atoms with van der Waals surface area (Å²) < 4.78 is 11.7. The molecule has 0 aliphatic rings. The minimum atomic E-state index is -0.430. The van der Waals surface area contributed by atoms with E-state index in [4.69, 9.17) is 8.83 Å². The molecule has 130 valence electrons. The molecule has 0 bridgehead atoms. The lowest BCUT2D eigenvalue weighted by molar-refractivity contribution is 0.566. The van der Waals surface area contributed by atoms with Gasteiger partial charge in [-0.05, 0) is 42.0 Å². The molecule has 0 fully saturated rings. The summed E-state index contributed by atoms with van der Waals surface area (Å²) in [5.74, 6) is 0.492. The van der Waals surface area contributed by atoms with Gasteiger partial charge in [-0.1, -0.05) is 30.3 Å². The van der Waals surface area contributed by atoms with E-state index in [9.17, 15) is 4.79 Å². The minimum Gasteiger partial charge on any atom is -0.439 e. The first-order chi connectivity index (χ1) is 13.3. The average molecular weight is 354 g/mol. The number of hydrogen-bond donors (Lipinski definition) is 1. The smallest absolute Gasteiger partial charge is 0.348 e. The van der Waals surface area contributed by atoms with E-state index in [1.54, 1.807) is 18.5 Å². The Hall–Kier alpha value is -3.86. The highest BCUT2D eigenvalue weighted by molar-refractivity contribution is 6.10. The van der Waals surface area contributed by atoms with Crippen molar-refractivity contribution in [3.63, 3.8) is 0 Å². The second-order valence-electron chi connectivity index (χ2n) is 6.12. The van der Waals surface area contributed by atoms with Gasteiger partial charge >= 0.3 is 5.63 Å². The molecule has 0 saturated heterocycles. The SMILES string of the molecule is O=c1oc2ccccc2c2oc(Nc3ccccc3)c(-c3ccncc3)c12. The molecule has 0 unspecified atom stereocenters. The van der Waals surface area contributed by atoms with Gasteiger partial charge in [0.05, 0.1) is 10.9 Å². The maximum absolute atomic E-state index is 12.8. The van der Waals surface area contributed by atoms with Gasteiger partial charge in [-0.25, -0.2) is 4.79 Å². The Kier molecular flexibility index (Phi) is 3.50. The summed E-state index contributed by atoms with van der Waals surface area (Å²) in [6, 6.07) is 20.7. The van der Waals surface area contributed by atoms with Crippen molar-refractivity contribution in [2.75, 3.05) is 5.32 Å². The second kappa shape index (κ2) is 6.14. The van der Waals surface area contributed by atoms with Gasteiger partial charge in [0.25, 0.3) is 0 Å². The minimum absolute atomic E-state index is 0.415. The van der Waals surface area contributed by atoms with E-state index < -0.39 is 5.63 Å². The molecule has 3 heterocycles. The van der Waals surface area contributed by atoms with Crippen LogP contribution in [0.3, 0.4) is 0 Å². The maximum Gasteiger partial charge on any atom is 0.348 e. The molecule has 27 heavy (non-hydrogen) atoms. The van der Waals surface area contributed by atoms with Gasteiger partial charge in [0.15, 0.2) is 5.58 Å². The van der Waals surface area contributed by atoms with E-state index in [2.05, 4.69) is 10.3 Å². The number of anilines is 2. The molecule has 5 aromatic rings. The van der Waals surface area contributed by atoms with Crippen molar-refractivity contribution in [1.82, 2.24) is 4.98 Å². The third-order valence-corrected chi connectivity index (χ3v) is 4.45. The summed E-state index contributed by atoms with van der Waals surface area (Å²) in [5, 5.41) is 4.45. The Bertz CT molecular complexity index is 1310. The second-order valence-corrected chi connectivity index (χ2v) is 6.12. The highest BCUT2D eigenvalue weighted by atomic mass is 16.4. The van der Waals surface area contributed by atoms with E-state index in [1.165, 1.54) is 0 Å². The molecule has 0 aliphatic heterocycles. The van der Waals surface area contributed by atoms with Crippen molar-refractivity contribution in [2.24, 2.45) is 0 Å². The zero-order valence-corrected chi connectivity index (χ0v) is 14.2. The van der Waals surface area contributed by atoms with Crippen LogP contribution in [-0.4, -0.2) is 4.98 Å².